The molecule has 0 atom stereocenters. The Bertz CT molecular complexity index is 1110. The monoisotopic (exact) mass is 337 g/mol. The SMILES string of the molecule is O=c1[nH]c(CN2CCc3sccc3C2)nc2c1oc1ccccc12. The second kappa shape index (κ2) is 5.29. The van der Waals surface area contributed by atoms with E-state index in [4.69, 9.17) is 4.42 Å². The largest absolute Gasteiger partial charge is 0.449 e. The van der Waals surface area contributed by atoms with Crippen LogP contribution in [0.2, 0.25) is 0 Å². The second-order valence-electron chi connectivity index (χ2n) is 6.12. The number of benzene rings is 1. The van der Waals surface area contributed by atoms with Crippen LogP contribution in [0.5, 0.6) is 0 Å². The van der Waals surface area contributed by atoms with Gasteiger partial charge in [0.2, 0.25) is 5.58 Å². The number of hydrogen-bond donors (Lipinski definition) is 1. The molecule has 6 heteroatoms. The third-order valence-electron chi connectivity index (χ3n) is 4.54. The van der Waals surface area contributed by atoms with E-state index in [-0.39, 0.29) is 5.56 Å². The van der Waals surface area contributed by atoms with E-state index in [0.29, 0.717) is 29.1 Å². The maximum atomic E-state index is 12.4. The molecule has 1 aromatic carbocycles. The van der Waals surface area contributed by atoms with Crippen molar-refractivity contribution in [3.05, 3.63) is 62.3 Å². The van der Waals surface area contributed by atoms with Crippen molar-refractivity contribution in [3.8, 4) is 0 Å². The van der Waals surface area contributed by atoms with Gasteiger partial charge in [0.25, 0.3) is 5.56 Å². The predicted molar refractivity (Wildman–Crippen MR) is 94.3 cm³/mol. The smallest absolute Gasteiger partial charge is 0.294 e. The fraction of sp³-hybridized carbons (Fsp3) is 0.222. The van der Waals surface area contributed by atoms with Crippen molar-refractivity contribution in [1.29, 1.82) is 0 Å². The summed E-state index contributed by atoms with van der Waals surface area (Å²) in [4.78, 5) is 23.7. The van der Waals surface area contributed by atoms with Gasteiger partial charge < -0.3 is 9.40 Å². The molecule has 0 amide bonds. The highest BCUT2D eigenvalue weighted by atomic mass is 32.1. The molecular formula is C18H15N3O2S. The fourth-order valence-corrected chi connectivity index (χ4v) is 4.27. The standard InChI is InChI=1S/C18H15N3O2S/c22-18-17-16(12-3-1-2-4-13(12)23-17)19-15(20-18)10-21-7-5-14-11(9-21)6-8-24-14/h1-4,6,8H,5,7,9-10H2,(H,19,20,22). The summed E-state index contributed by atoms with van der Waals surface area (Å²) in [7, 11) is 0. The van der Waals surface area contributed by atoms with Crippen LogP contribution in [0.15, 0.2) is 44.9 Å². The molecule has 24 heavy (non-hydrogen) atoms. The minimum absolute atomic E-state index is 0.209. The topological polar surface area (TPSA) is 62.1 Å². The Hall–Kier alpha value is -2.44. The number of thiophene rings is 1. The fourth-order valence-electron chi connectivity index (χ4n) is 3.38. The van der Waals surface area contributed by atoms with Crippen LogP contribution in [0.25, 0.3) is 22.1 Å². The van der Waals surface area contributed by atoms with Crippen molar-refractivity contribution in [1.82, 2.24) is 14.9 Å². The molecule has 0 saturated heterocycles. The van der Waals surface area contributed by atoms with Crippen molar-refractivity contribution in [2.45, 2.75) is 19.5 Å². The van der Waals surface area contributed by atoms with Crippen molar-refractivity contribution in [3.63, 3.8) is 0 Å². The van der Waals surface area contributed by atoms with E-state index < -0.39 is 0 Å². The molecule has 0 aliphatic carbocycles. The number of nitrogens with one attached hydrogen (secondary N) is 1. The first-order valence-electron chi connectivity index (χ1n) is 7.96. The van der Waals surface area contributed by atoms with Crippen molar-refractivity contribution in [2.75, 3.05) is 6.54 Å². The average molecular weight is 337 g/mol. The van der Waals surface area contributed by atoms with Crippen LogP contribution < -0.4 is 5.56 Å². The minimum atomic E-state index is -0.209. The van der Waals surface area contributed by atoms with E-state index >= 15 is 0 Å². The quantitative estimate of drug-likeness (QED) is 0.610. The number of fused-ring (bicyclic) bond motifs is 4. The lowest BCUT2D eigenvalue weighted by Gasteiger charge is -2.26. The van der Waals surface area contributed by atoms with Crippen molar-refractivity contribution >= 4 is 33.4 Å². The molecule has 1 aliphatic rings. The Morgan fingerprint density at radius 1 is 1.29 bits per heavy atom. The zero-order valence-corrected chi connectivity index (χ0v) is 13.7. The maximum Gasteiger partial charge on any atom is 0.294 e. The molecule has 4 heterocycles. The number of hydrogen-bond acceptors (Lipinski definition) is 5. The molecule has 0 fully saturated rings. The normalized spacial score (nSPS) is 15.2. The molecule has 0 unspecified atom stereocenters. The van der Waals surface area contributed by atoms with Gasteiger partial charge in [0.15, 0.2) is 0 Å². The lowest BCUT2D eigenvalue weighted by Crippen LogP contribution is -2.30. The number of furan rings is 1. The van der Waals surface area contributed by atoms with Gasteiger partial charge in [0, 0.05) is 23.4 Å². The molecule has 4 aromatic rings. The number of nitrogens with zero attached hydrogens (tertiary/aromatic N) is 2. The molecule has 5 rings (SSSR count). The maximum absolute atomic E-state index is 12.4. The van der Waals surface area contributed by atoms with Crippen LogP contribution in [-0.2, 0) is 19.5 Å². The summed E-state index contributed by atoms with van der Waals surface area (Å²) in [5, 5.41) is 3.04. The van der Waals surface area contributed by atoms with Gasteiger partial charge in [-0.2, -0.15) is 0 Å². The molecular weight excluding hydrogens is 322 g/mol. The van der Waals surface area contributed by atoms with Gasteiger partial charge in [0.1, 0.15) is 16.9 Å². The number of aromatic nitrogens is 2. The lowest BCUT2D eigenvalue weighted by molar-refractivity contribution is 0.241. The van der Waals surface area contributed by atoms with Crippen molar-refractivity contribution < 1.29 is 4.42 Å². The van der Waals surface area contributed by atoms with E-state index in [1.807, 2.05) is 35.6 Å². The summed E-state index contributed by atoms with van der Waals surface area (Å²) < 4.78 is 5.65. The number of para-hydroxylation sites is 1. The first kappa shape index (κ1) is 13.9. The van der Waals surface area contributed by atoms with Crippen molar-refractivity contribution in [2.24, 2.45) is 0 Å². The van der Waals surface area contributed by atoms with Crippen LogP contribution in [0, 0.1) is 0 Å². The Kier molecular flexibility index (Phi) is 3.08. The Morgan fingerprint density at radius 2 is 2.21 bits per heavy atom. The molecule has 0 bridgehead atoms. The highest BCUT2D eigenvalue weighted by Gasteiger charge is 2.19. The summed E-state index contributed by atoms with van der Waals surface area (Å²) in [6.07, 6.45) is 1.06. The third-order valence-corrected chi connectivity index (χ3v) is 5.56. The summed E-state index contributed by atoms with van der Waals surface area (Å²) in [6, 6.07) is 9.82. The highest BCUT2D eigenvalue weighted by molar-refractivity contribution is 7.10. The van der Waals surface area contributed by atoms with Gasteiger partial charge in [-0.1, -0.05) is 12.1 Å². The molecule has 0 radical (unpaired) electrons. The first-order valence-corrected chi connectivity index (χ1v) is 8.84. The van der Waals surface area contributed by atoms with Gasteiger partial charge in [-0.3, -0.25) is 9.69 Å². The molecule has 3 aromatic heterocycles. The third kappa shape index (κ3) is 2.18. The van der Waals surface area contributed by atoms with Gasteiger partial charge in [-0.15, -0.1) is 11.3 Å². The van der Waals surface area contributed by atoms with E-state index in [2.05, 4.69) is 26.3 Å². The highest BCUT2D eigenvalue weighted by Crippen LogP contribution is 2.26. The predicted octanol–water partition coefficient (Wildman–Crippen LogP) is 3.29. The summed E-state index contributed by atoms with van der Waals surface area (Å²) in [5.74, 6) is 0.692. The average Bonchev–Trinajstić information content (AvgIpc) is 3.19. The summed E-state index contributed by atoms with van der Waals surface area (Å²) in [5.41, 5.74) is 2.84. The number of aromatic amines is 1. The first-order chi connectivity index (χ1) is 11.8. The minimum Gasteiger partial charge on any atom is -0.449 e. The van der Waals surface area contributed by atoms with Crippen LogP contribution in [-0.4, -0.2) is 21.4 Å². The Labute approximate surface area is 141 Å². The molecule has 1 aliphatic heterocycles. The van der Waals surface area contributed by atoms with Crippen LogP contribution in [0.3, 0.4) is 0 Å². The second-order valence-corrected chi connectivity index (χ2v) is 7.12. The number of rotatable bonds is 2. The molecule has 5 nitrogen and oxygen atoms in total. The van der Waals surface area contributed by atoms with E-state index in [9.17, 15) is 4.79 Å². The summed E-state index contributed by atoms with van der Waals surface area (Å²) in [6.45, 7) is 2.54. The Balaban J connectivity index is 1.53. The van der Waals surface area contributed by atoms with Gasteiger partial charge in [-0.05, 0) is 35.6 Å². The zero-order chi connectivity index (χ0) is 16.1. The summed E-state index contributed by atoms with van der Waals surface area (Å²) >= 11 is 1.83. The number of H-pyrrole nitrogens is 1. The molecule has 0 saturated carbocycles. The van der Waals surface area contributed by atoms with Crippen LogP contribution in [0.1, 0.15) is 16.3 Å². The molecule has 1 N–H and O–H groups in total. The lowest BCUT2D eigenvalue weighted by atomic mass is 10.1. The zero-order valence-electron chi connectivity index (χ0n) is 12.9. The Morgan fingerprint density at radius 3 is 3.17 bits per heavy atom. The molecule has 120 valence electrons. The van der Waals surface area contributed by atoms with Gasteiger partial charge in [0.05, 0.1) is 6.54 Å². The molecule has 0 spiro atoms. The van der Waals surface area contributed by atoms with E-state index in [1.54, 1.807) is 0 Å². The van der Waals surface area contributed by atoms with Gasteiger partial charge >= 0.3 is 0 Å². The van der Waals surface area contributed by atoms with E-state index in [1.165, 1.54) is 10.4 Å². The van der Waals surface area contributed by atoms with E-state index in [0.717, 1.165) is 24.9 Å². The van der Waals surface area contributed by atoms with Gasteiger partial charge in [-0.25, -0.2) is 4.98 Å². The van der Waals surface area contributed by atoms with Crippen LogP contribution in [0.4, 0.5) is 0 Å². The van der Waals surface area contributed by atoms with Crippen LogP contribution >= 0.6 is 11.3 Å².